The van der Waals surface area contributed by atoms with E-state index in [0.717, 1.165) is 37.9 Å². The van der Waals surface area contributed by atoms with Gasteiger partial charge in [0.1, 0.15) is 5.75 Å². The van der Waals surface area contributed by atoms with Crippen LogP contribution in [0.25, 0.3) is 0 Å². The summed E-state index contributed by atoms with van der Waals surface area (Å²) in [6, 6.07) is 6.12. The van der Waals surface area contributed by atoms with Crippen molar-refractivity contribution in [2.75, 3.05) is 0 Å². The fraction of sp³-hybridized carbons (Fsp3) is 0.588. The van der Waals surface area contributed by atoms with Crippen LogP contribution < -0.4 is 4.74 Å². The number of carbonyl (C=O) groups is 1. The van der Waals surface area contributed by atoms with Crippen LogP contribution in [-0.4, -0.2) is 16.7 Å². The predicted molar refractivity (Wildman–Crippen MR) is 77.2 cm³/mol. The topological polar surface area (TPSA) is 46.5 Å². The molecule has 20 heavy (non-hydrogen) atoms. The first-order valence-electron chi connectivity index (χ1n) is 7.74. The number of hydrogen-bond donors (Lipinski definition) is 1. The van der Waals surface area contributed by atoms with Crippen LogP contribution in [-0.2, 0) is 17.6 Å². The number of aliphatic carboxylic acids is 1. The van der Waals surface area contributed by atoms with Crippen molar-refractivity contribution in [3.63, 3.8) is 0 Å². The predicted octanol–water partition coefficient (Wildman–Crippen LogP) is 3.73. The van der Waals surface area contributed by atoms with Crippen LogP contribution in [0.5, 0.6) is 5.75 Å². The Morgan fingerprint density at radius 2 is 1.70 bits per heavy atom. The highest BCUT2D eigenvalue weighted by atomic mass is 16.5. The highest BCUT2D eigenvalue weighted by Crippen LogP contribution is 2.35. The molecular formula is C17H22O3. The first kappa shape index (κ1) is 13.5. The molecule has 3 heteroatoms. The minimum absolute atomic E-state index is 0.624. The van der Waals surface area contributed by atoms with Gasteiger partial charge in [-0.15, -0.1) is 0 Å². The van der Waals surface area contributed by atoms with E-state index in [2.05, 4.69) is 12.1 Å². The molecular weight excluding hydrogens is 252 g/mol. The lowest BCUT2D eigenvalue weighted by Gasteiger charge is -2.34. The van der Waals surface area contributed by atoms with Crippen molar-refractivity contribution in [1.29, 1.82) is 0 Å². The molecule has 0 saturated heterocycles. The van der Waals surface area contributed by atoms with Crippen molar-refractivity contribution in [3.8, 4) is 5.75 Å². The number of rotatable bonds is 3. The fourth-order valence-corrected chi connectivity index (χ4v) is 3.48. The zero-order valence-electron chi connectivity index (χ0n) is 11.9. The minimum atomic E-state index is -0.999. The molecule has 2 aliphatic rings. The number of carboxylic acid groups (broad SMARTS) is 1. The Kier molecular flexibility index (Phi) is 3.68. The summed E-state index contributed by atoms with van der Waals surface area (Å²) in [5, 5.41) is 9.56. The number of benzene rings is 1. The molecule has 3 rings (SSSR count). The molecule has 3 nitrogen and oxygen atoms in total. The number of hydrogen-bond acceptors (Lipinski definition) is 2. The van der Waals surface area contributed by atoms with Crippen molar-refractivity contribution in [1.82, 2.24) is 0 Å². The van der Waals surface area contributed by atoms with E-state index in [0.29, 0.717) is 12.8 Å². The summed E-state index contributed by atoms with van der Waals surface area (Å²) in [7, 11) is 0. The average molecular weight is 274 g/mol. The molecule has 0 bridgehead atoms. The van der Waals surface area contributed by atoms with E-state index in [-0.39, 0.29) is 0 Å². The number of carboxylic acids is 1. The third-order valence-corrected chi connectivity index (χ3v) is 4.68. The lowest BCUT2D eigenvalue weighted by Crippen LogP contribution is -2.46. The van der Waals surface area contributed by atoms with Crippen molar-refractivity contribution < 1.29 is 14.6 Å². The maximum atomic E-state index is 11.6. The van der Waals surface area contributed by atoms with Crippen molar-refractivity contribution in [2.45, 2.75) is 63.4 Å². The number of fused-ring (bicyclic) bond motifs is 1. The van der Waals surface area contributed by atoms with Gasteiger partial charge in [0.05, 0.1) is 0 Å². The van der Waals surface area contributed by atoms with Gasteiger partial charge in [-0.25, -0.2) is 4.79 Å². The Labute approximate surface area is 120 Å². The van der Waals surface area contributed by atoms with Crippen LogP contribution in [0.3, 0.4) is 0 Å². The van der Waals surface area contributed by atoms with Crippen LogP contribution in [0, 0.1) is 0 Å². The van der Waals surface area contributed by atoms with Crippen molar-refractivity contribution in [2.24, 2.45) is 0 Å². The molecule has 0 radical (unpaired) electrons. The number of ether oxygens (including phenoxy) is 1. The van der Waals surface area contributed by atoms with E-state index in [1.54, 1.807) is 0 Å². The molecule has 0 amide bonds. The van der Waals surface area contributed by atoms with Gasteiger partial charge < -0.3 is 9.84 Å². The Morgan fingerprint density at radius 3 is 2.40 bits per heavy atom. The molecule has 1 aromatic rings. The van der Waals surface area contributed by atoms with Gasteiger partial charge in [0, 0.05) is 0 Å². The standard InChI is InChI=1S/C17H22O3/c18-16(19)17(10-4-1-5-11-17)20-15-9-8-13-6-2-3-7-14(13)12-15/h8-9,12H,1-7,10-11H2,(H,18,19). The molecule has 1 aromatic carbocycles. The van der Waals surface area contributed by atoms with Gasteiger partial charge in [0.15, 0.2) is 0 Å². The van der Waals surface area contributed by atoms with Gasteiger partial charge in [0.2, 0.25) is 5.60 Å². The number of aryl methyl sites for hydroxylation is 2. The Morgan fingerprint density at radius 1 is 1.00 bits per heavy atom. The van der Waals surface area contributed by atoms with Gasteiger partial charge in [0.25, 0.3) is 0 Å². The summed E-state index contributed by atoms with van der Waals surface area (Å²) in [6.07, 6.45) is 8.95. The molecule has 0 unspecified atom stereocenters. The second kappa shape index (κ2) is 5.47. The Hall–Kier alpha value is -1.51. The zero-order valence-corrected chi connectivity index (χ0v) is 11.9. The highest BCUT2D eigenvalue weighted by molar-refractivity contribution is 5.78. The lowest BCUT2D eigenvalue weighted by molar-refractivity contribution is -0.158. The summed E-state index contributed by atoms with van der Waals surface area (Å²) in [4.78, 5) is 11.6. The van der Waals surface area contributed by atoms with Gasteiger partial charge in [-0.2, -0.15) is 0 Å². The van der Waals surface area contributed by atoms with E-state index in [4.69, 9.17) is 4.74 Å². The minimum Gasteiger partial charge on any atom is -0.478 e. The normalized spacial score (nSPS) is 21.0. The lowest BCUT2D eigenvalue weighted by atomic mass is 9.84. The largest absolute Gasteiger partial charge is 0.478 e. The highest BCUT2D eigenvalue weighted by Gasteiger charge is 2.42. The van der Waals surface area contributed by atoms with Gasteiger partial charge >= 0.3 is 5.97 Å². The molecule has 108 valence electrons. The third kappa shape index (κ3) is 2.54. The van der Waals surface area contributed by atoms with Gasteiger partial charge in [-0.05, 0) is 74.6 Å². The van der Waals surface area contributed by atoms with E-state index < -0.39 is 11.6 Å². The van der Waals surface area contributed by atoms with E-state index in [9.17, 15) is 9.90 Å². The third-order valence-electron chi connectivity index (χ3n) is 4.68. The second-order valence-corrected chi connectivity index (χ2v) is 6.10. The van der Waals surface area contributed by atoms with Crippen LogP contribution >= 0.6 is 0 Å². The molecule has 0 aliphatic heterocycles. The summed E-state index contributed by atoms with van der Waals surface area (Å²) >= 11 is 0. The maximum Gasteiger partial charge on any atom is 0.348 e. The quantitative estimate of drug-likeness (QED) is 0.913. The smallest absolute Gasteiger partial charge is 0.348 e. The molecule has 1 fully saturated rings. The SMILES string of the molecule is O=C(O)C1(Oc2ccc3c(c2)CCCC3)CCCCC1. The van der Waals surface area contributed by atoms with E-state index in [1.807, 2.05) is 6.07 Å². The Balaban J connectivity index is 1.83. The van der Waals surface area contributed by atoms with Crippen LogP contribution in [0.4, 0.5) is 0 Å². The molecule has 1 saturated carbocycles. The summed E-state index contributed by atoms with van der Waals surface area (Å²) in [5.41, 5.74) is 1.74. The molecule has 0 heterocycles. The molecule has 0 atom stereocenters. The first-order valence-corrected chi connectivity index (χ1v) is 7.74. The monoisotopic (exact) mass is 274 g/mol. The zero-order chi connectivity index (χ0) is 14.0. The van der Waals surface area contributed by atoms with Crippen molar-refractivity contribution >= 4 is 5.97 Å². The molecule has 0 spiro atoms. The Bertz CT molecular complexity index is 501. The van der Waals surface area contributed by atoms with Crippen molar-refractivity contribution in [3.05, 3.63) is 29.3 Å². The van der Waals surface area contributed by atoms with Crippen LogP contribution in [0.2, 0.25) is 0 Å². The van der Waals surface area contributed by atoms with E-state index >= 15 is 0 Å². The second-order valence-electron chi connectivity index (χ2n) is 6.10. The van der Waals surface area contributed by atoms with E-state index in [1.165, 1.54) is 24.0 Å². The molecule has 1 N–H and O–H groups in total. The van der Waals surface area contributed by atoms with Crippen LogP contribution in [0.1, 0.15) is 56.1 Å². The summed E-state index contributed by atoms with van der Waals surface area (Å²) in [6.45, 7) is 0. The molecule has 0 aromatic heterocycles. The molecule has 2 aliphatic carbocycles. The van der Waals surface area contributed by atoms with Crippen LogP contribution in [0.15, 0.2) is 18.2 Å². The average Bonchev–Trinajstić information content (AvgIpc) is 2.48. The summed E-state index contributed by atoms with van der Waals surface area (Å²) < 4.78 is 5.97. The summed E-state index contributed by atoms with van der Waals surface area (Å²) in [5.74, 6) is -0.0788. The van der Waals surface area contributed by atoms with Gasteiger partial charge in [-0.1, -0.05) is 12.5 Å². The van der Waals surface area contributed by atoms with Gasteiger partial charge in [-0.3, -0.25) is 0 Å². The first-order chi connectivity index (χ1) is 9.70. The fourth-order valence-electron chi connectivity index (χ4n) is 3.48. The maximum absolute atomic E-state index is 11.6.